The molecule has 0 unspecified atom stereocenters. The second kappa shape index (κ2) is 6.68. The normalized spacial score (nSPS) is 19.5. The smallest absolute Gasteiger partial charge is 0.177 e. The van der Waals surface area contributed by atoms with Crippen LogP contribution in [0.3, 0.4) is 0 Å². The molecule has 1 aliphatic heterocycles. The van der Waals surface area contributed by atoms with Gasteiger partial charge in [-0.2, -0.15) is 9.61 Å². The van der Waals surface area contributed by atoms with Crippen LogP contribution in [0.4, 0.5) is 0 Å². The summed E-state index contributed by atoms with van der Waals surface area (Å²) >= 11 is 0. The number of ether oxygens (including phenoxy) is 1. The standard InChI is InChI=1S/C20H23N5O/c1-2-16(3-1)24-12-10-18(11-13-24)26-17-6-4-15(5-7-17)19-8-9-20-22-21-14-25(20)23-19/h4-9,14,16,18H,1-3,10-13H2. The Hall–Kier alpha value is -2.47. The molecule has 3 heterocycles. The Morgan fingerprint density at radius 1 is 0.923 bits per heavy atom. The lowest BCUT2D eigenvalue weighted by Crippen LogP contribution is -2.46. The highest BCUT2D eigenvalue weighted by atomic mass is 16.5. The Kier molecular flexibility index (Phi) is 4.05. The van der Waals surface area contributed by atoms with Crippen LogP contribution in [-0.2, 0) is 0 Å². The summed E-state index contributed by atoms with van der Waals surface area (Å²) in [4.78, 5) is 2.65. The maximum absolute atomic E-state index is 6.21. The molecule has 134 valence electrons. The summed E-state index contributed by atoms with van der Waals surface area (Å²) in [6.07, 6.45) is 8.40. The highest BCUT2D eigenvalue weighted by Crippen LogP contribution is 2.29. The summed E-state index contributed by atoms with van der Waals surface area (Å²) in [6, 6.07) is 13.0. The van der Waals surface area contributed by atoms with Crippen LogP contribution in [0.5, 0.6) is 5.75 Å². The first-order valence-electron chi connectivity index (χ1n) is 9.53. The Bertz CT molecular complexity index is 879. The maximum Gasteiger partial charge on any atom is 0.177 e. The van der Waals surface area contributed by atoms with Crippen molar-refractivity contribution in [3.05, 3.63) is 42.7 Å². The van der Waals surface area contributed by atoms with E-state index in [4.69, 9.17) is 4.74 Å². The van der Waals surface area contributed by atoms with Gasteiger partial charge in [-0.25, -0.2) is 0 Å². The predicted octanol–water partition coefficient (Wildman–Crippen LogP) is 3.19. The Morgan fingerprint density at radius 3 is 2.46 bits per heavy atom. The Labute approximate surface area is 152 Å². The van der Waals surface area contributed by atoms with Crippen LogP contribution >= 0.6 is 0 Å². The Balaban J connectivity index is 1.22. The molecule has 26 heavy (non-hydrogen) atoms. The van der Waals surface area contributed by atoms with E-state index in [2.05, 4.69) is 32.3 Å². The first-order valence-corrected chi connectivity index (χ1v) is 9.53. The molecule has 0 spiro atoms. The molecule has 6 nitrogen and oxygen atoms in total. The first-order chi connectivity index (χ1) is 12.8. The number of hydrogen-bond donors (Lipinski definition) is 0. The van der Waals surface area contributed by atoms with Crippen molar-refractivity contribution in [1.82, 2.24) is 24.7 Å². The van der Waals surface area contributed by atoms with Crippen LogP contribution in [0.25, 0.3) is 16.9 Å². The predicted molar refractivity (Wildman–Crippen MR) is 99.1 cm³/mol. The lowest BCUT2D eigenvalue weighted by Gasteiger charge is -2.41. The molecule has 2 aliphatic rings. The number of nitrogens with zero attached hydrogens (tertiary/aromatic N) is 5. The molecule has 2 aromatic heterocycles. The van der Waals surface area contributed by atoms with E-state index in [0.717, 1.165) is 41.5 Å². The van der Waals surface area contributed by atoms with Crippen molar-refractivity contribution < 1.29 is 4.74 Å². The SMILES string of the molecule is c1cc(-c2ccc3nncn3n2)ccc1OC1CCN(C2CCC2)CC1. The molecule has 1 aromatic carbocycles. The van der Waals surface area contributed by atoms with Crippen LogP contribution in [0.2, 0.25) is 0 Å². The minimum absolute atomic E-state index is 0.337. The number of likely N-dealkylation sites (tertiary alicyclic amines) is 1. The lowest BCUT2D eigenvalue weighted by atomic mass is 9.90. The second-order valence-electron chi connectivity index (χ2n) is 7.31. The van der Waals surface area contributed by atoms with E-state index in [0.29, 0.717) is 6.10 Å². The van der Waals surface area contributed by atoms with Crippen molar-refractivity contribution in [1.29, 1.82) is 0 Å². The zero-order chi connectivity index (χ0) is 17.3. The number of aromatic nitrogens is 4. The van der Waals surface area contributed by atoms with Gasteiger partial charge in [-0.1, -0.05) is 6.42 Å². The molecule has 1 aliphatic carbocycles. The molecular weight excluding hydrogens is 326 g/mol. The van der Waals surface area contributed by atoms with Crippen LogP contribution in [0.15, 0.2) is 42.7 Å². The fourth-order valence-corrected chi connectivity index (χ4v) is 3.89. The molecule has 0 amide bonds. The number of rotatable bonds is 4. The molecule has 0 atom stereocenters. The van der Waals surface area contributed by atoms with E-state index in [-0.39, 0.29) is 0 Å². The van der Waals surface area contributed by atoms with Crippen molar-refractivity contribution in [2.75, 3.05) is 13.1 Å². The summed E-state index contributed by atoms with van der Waals surface area (Å²) in [7, 11) is 0. The number of benzene rings is 1. The fourth-order valence-electron chi connectivity index (χ4n) is 3.89. The van der Waals surface area contributed by atoms with E-state index < -0.39 is 0 Å². The van der Waals surface area contributed by atoms with Gasteiger partial charge in [0, 0.05) is 24.7 Å². The molecule has 1 saturated carbocycles. The number of hydrogen-bond acceptors (Lipinski definition) is 5. The fraction of sp³-hybridized carbons (Fsp3) is 0.450. The molecule has 0 bridgehead atoms. The first kappa shape index (κ1) is 15.8. The Morgan fingerprint density at radius 2 is 1.73 bits per heavy atom. The third-order valence-electron chi connectivity index (χ3n) is 5.68. The van der Waals surface area contributed by atoms with Crippen molar-refractivity contribution in [2.24, 2.45) is 0 Å². The van der Waals surface area contributed by atoms with E-state index in [1.807, 2.05) is 24.3 Å². The largest absolute Gasteiger partial charge is 0.490 e. The molecular formula is C20H23N5O. The highest BCUT2D eigenvalue weighted by Gasteiger charge is 2.29. The molecule has 2 fully saturated rings. The average molecular weight is 349 g/mol. The van der Waals surface area contributed by atoms with Gasteiger partial charge in [0.25, 0.3) is 0 Å². The third-order valence-corrected chi connectivity index (χ3v) is 5.68. The summed E-state index contributed by atoms with van der Waals surface area (Å²) in [6.45, 7) is 2.35. The lowest BCUT2D eigenvalue weighted by molar-refractivity contribution is 0.0493. The van der Waals surface area contributed by atoms with E-state index in [1.54, 1.807) is 10.8 Å². The number of fused-ring (bicyclic) bond motifs is 1. The molecule has 5 rings (SSSR count). The summed E-state index contributed by atoms with van der Waals surface area (Å²) in [5.74, 6) is 0.946. The van der Waals surface area contributed by atoms with Crippen LogP contribution < -0.4 is 4.74 Å². The second-order valence-corrected chi connectivity index (χ2v) is 7.31. The number of piperidine rings is 1. The minimum Gasteiger partial charge on any atom is -0.490 e. The molecule has 6 heteroatoms. The van der Waals surface area contributed by atoms with Gasteiger partial charge < -0.3 is 9.64 Å². The van der Waals surface area contributed by atoms with Gasteiger partial charge in [-0.3, -0.25) is 0 Å². The molecule has 1 saturated heterocycles. The minimum atomic E-state index is 0.337. The molecule has 0 N–H and O–H groups in total. The van der Waals surface area contributed by atoms with Crippen LogP contribution in [-0.4, -0.2) is 49.9 Å². The average Bonchev–Trinajstić information content (AvgIpc) is 3.10. The summed E-state index contributed by atoms with van der Waals surface area (Å²) in [5.41, 5.74) is 2.72. The van der Waals surface area contributed by atoms with E-state index in [9.17, 15) is 0 Å². The monoisotopic (exact) mass is 349 g/mol. The van der Waals surface area contributed by atoms with E-state index in [1.165, 1.54) is 32.4 Å². The maximum atomic E-state index is 6.21. The summed E-state index contributed by atoms with van der Waals surface area (Å²) < 4.78 is 7.90. The van der Waals surface area contributed by atoms with Gasteiger partial charge in [0.05, 0.1) is 5.69 Å². The van der Waals surface area contributed by atoms with Crippen LogP contribution in [0.1, 0.15) is 32.1 Å². The van der Waals surface area contributed by atoms with Gasteiger partial charge in [-0.05, 0) is 62.1 Å². The quantitative estimate of drug-likeness (QED) is 0.724. The highest BCUT2D eigenvalue weighted by molar-refractivity contribution is 5.61. The summed E-state index contributed by atoms with van der Waals surface area (Å²) in [5, 5.41) is 12.4. The van der Waals surface area contributed by atoms with E-state index >= 15 is 0 Å². The third kappa shape index (κ3) is 3.05. The van der Waals surface area contributed by atoms with Gasteiger partial charge in [-0.15, -0.1) is 10.2 Å². The van der Waals surface area contributed by atoms with Gasteiger partial charge in [0.1, 0.15) is 18.2 Å². The molecule has 3 aromatic rings. The van der Waals surface area contributed by atoms with Gasteiger partial charge in [0.15, 0.2) is 5.65 Å². The van der Waals surface area contributed by atoms with Crippen molar-refractivity contribution in [3.63, 3.8) is 0 Å². The van der Waals surface area contributed by atoms with Gasteiger partial charge >= 0.3 is 0 Å². The van der Waals surface area contributed by atoms with Gasteiger partial charge in [0.2, 0.25) is 0 Å². The molecule has 0 radical (unpaired) electrons. The van der Waals surface area contributed by atoms with Crippen molar-refractivity contribution >= 4 is 5.65 Å². The van der Waals surface area contributed by atoms with Crippen LogP contribution in [0, 0.1) is 0 Å². The van der Waals surface area contributed by atoms with Crippen molar-refractivity contribution in [2.45, 2.75) is 44.2 Å². The van der Waals surface area contributed by atoms with Crippen molar-refractivity contribution in [3.8, 4) is 17.0 Å². The zero-order valence-electron chi connectivity index (χ0n) is 14.8. The zero-order valence-corrected chi connectivity index (χ0v) is 14.8. The topological polar surface area (TPSA) is 55.6 Å².